The Labute approximate surface area is 151 Å². The number of hydrogen-bond acceptors (Lipinski definition) is 1. The number of carbonyl (C=O) groups excluding carboxylic acids is 1. The minimum atomic E-state index is 0.0300. The third kappa shape index (κ3) is 2.95. The first-order valence-electron chi connectivity index (χ1n) is 8.11. The van der Waals surface area contributed by atoms with E-state index in [4.69, 9.17) is 11.6 Å². The van der Waals surface area contributed by atoms with Crippen LogP contribution >= 0.6 is 11.6 Å². The highest BCUT2D eigenvalue weighted by Crippen LogP contribution is 2.32. The van der Waals surface area contributed by atoms with Gasteiger partial charge >= 0.3 is 0 Å². The number of hydrogen-bond donors (Lipinski definition) is 0. The average Bonchev–Trinajstić information content (AvgIpc) is 2.68. The van der Waals surface area contributed by atoms with E-state index in [0.717, 1.165) is 27.5 Å². The van der Waals surface area contributed by atoms with Gasteiger partial charge in [-0.1, -0.05) is 90.5 Å². The molecule has 0 amide bonds. The van der Waals surface area contributed by atoms with E-state index in [1.165, 1.54) is 0 Å². The van der Waals surface area contributed by atoms with Crippen LogP contribution in [0, 0.1) is 0 Å². The van der Waals surface area contributed by atoms with E-state index in [1.807, 2.05) is 84.9 Å². The molecule has 2 heteroatoms. The zero-order valence-corrected chi connectivity index (χ0v) is 14.2. The van der Waals surface area contributed by atoms with Gasteiger partial charge in [0.15, 0.2) is 5.78 Å². The first-order valence-corrected chi connectivity index (χ1v) is 8.49. The van der Waals surface area contributed by atoms with Crippen molar-refractivity contribution in [2.45, 2.75) is 0 Å². The van der Waals surface area contributed by atoms with Crippen LogP contribution in [0.2, 0.25) is 5.02 Å². The highest BCUT2D eigenvalue weighted by molar-refractivity contribution is 6.30. The summed E-state index contributed by atoms with van der Waals surface area (Å²) < 4.78 is 0. The second-order valence-corrected chi connectivity index (χ2v) is 6.35. The van der Waals surface area contributed by atoms with Gasteiger partial charge in [0.1, 0.15) is 0 Å². The van der Waals surface area contributed by atoms with Crippen molar-refractivity contribution < 1.29 is 4.79 Å². The van der Waals surface area contributed by atoms with Crippen LogP contribution in [-0.2, 0) is 0 Å². The van der Waals surface area contributed by atoms with Gasteiger partial charge in [0.2, 0.25) is 0 Å². The lowest BCUT2D eigenvalue weighted by Gasteiger charge is -2.13. The molecule has 0 fully saturated rings. The predicted octanol–water partition coefficient (Wildman–Crippen LogP) is 6.39. The molecule has 0 aromatic heterocycles. The van der Waals surface area contributed by atoms with E-state index in [1.54, 1.807) is 0 Å². The molecule has 0 N–H and O–H groups in total. The zero-order chi connectivity index (χ0) is 17.2. The summed E-state index contributed by atoms with van der Waals surface area (Å²) in [7, 11) is 0. The summed E-state index contributed by atoms with van der Waals surface area (Å²) >= 11 is 6.03. The predicted molar refractivity (Wildman–Crippen MR) is 104 cm³/mol. The molecule has 4 aromatic rings. The molecule has 0 heterocycles. The van der Waals surface area contributed by atoms with Crippen LogP contribution in [0.15, 0.2) is 91.0 Å². The number of rotatable bonds is 3. The molecule has 120 valence electrons. The molecule has 0 aliphatic heterocycles. The zero-order valence-electron chi connectivity index (χ0n) is 13.4. The summed E-state index contributed by atoms with van der Waals surface area (Å²) in [5.74, 6) is 0.0300. The third-order valence-corrected chi connectivity index (χ3v) is 4.60. The van der Waals surface area contributed by atoms with Gasteiger partial charge in [-0.25, -0.2) is 0 Å². The maximum atomic E-state index is 13.3. The van der Waals surface area contributed by atoms with E-state index in [9.17, 15) is 4.79 Å². The Morgan fingerprint density at radius 2 is 1.36 bits per heavy atom. The normalized spacial score (nSPS) is 10.8. The molecule has 0 spiro atoms. The number of carbonyl (C=O) groups is 1. The van der Waals surface area contributed by atoms with Crippen molar-refractivity contribution in [3.63, 3.8) is 0 Å². The van der Waals surface area contributed by atoms with Crippen molar-refractivity contribution in [1.29, 1.82) is 0 Å². The molecule has 0 unspecified atom stereocenters. The maximum Gasteiger partial charge on any atom is 0.194 e. The molecule has 4 aromatic carbocycles. The SMILES string of the molecule is O=C(c1ccccc1)c1c(-c2ccc(Cl)cc2)ccc2ccccc12. The van der Waals surface area contributed by atoms with Gasteiger partial charge < -0.3 is 0 Å². The van der Waals surface area contributed by atoms with Crippen molar-refractivity contribution in [3.8, 4) is 11.1 Å². The maximum absolute atomic E-state index is 13.3. The van der Waals surface area contributed by atoms with Gasteiger partial charge in [-0.05, 0) is 34.0 Å². The molecule has 1 nitrogen and oxygen atoms in total. The Kier molecular flexibility index (Phi) is 4.09. The van der Waals surface area contributed by atoms with E-state index in [0.29, 0.717) is 10.6 Å². The van der Waals surface area contributed by atoms with Crippen LogP contribution < -0.4 is 0 Å². The quantitative estimate of drug-likeness (QED) is 0.394. The van der Waals surface area contributed by atoms with Crippen LogP contribution in [0.3, 0.4) is 0 Å². The van der Waals surface area contributed by atoms with Crippen molar-refractivity contribution in [2.24, 2.45) is 0 Å². The molecule has 0 radical (unpaired) electrons. The Balaban J connectivity index is 2.00. The first kappa shape index (κ1) is 15.6. The minimum absolute atomic E-state index is 0.0300. The van der Waals surface area contributed by atoms with Gasteiger partial charge in [0.05, 0.1) is 0 Å². The van der Waals surface area contributed by atoms with Crippen molar-refractivity contribution >= 4 is 28.2 Å². The summed E-state index contributed by atoms with van der Waals surface area (Å²) in [4.78, 5) is 13.3. The lowest BCUT2D eigenvalue weighted by molar-refractivity contribution is 0.104. The fourth-order valence-electron chi connectivity index (χ4n) is 3.12. The fourth-order valence-corrected chi connectivity index (χ4v) is 3.25. The van der Waals surface area contributed by atoms with Crippen LogP contribution in [0.4, 0.5) is 0 Å². The summed E-state index contributed by atoms with van der Waals surface area (Å²) in [6.07, 6.45) is 0. The molecule has 25 heavy (non-hydrogen) atoms. The molecule has 0 saturated heterocycles. The Morgan fingerprint density at radius 1 is 0.680 bits per heavy atom. The molecule has 4 rings (SSSR count). The summed E-state index contributed by atoms with van der Waals surface area (Å²) in [6, 6.07) is 29.1. The van der Waals surface area contributed by atoms with Crippen molar-refractivity contribution in [2.75, 3.05) is 0 Å². The highest BCUT2D eigenvalue weighted by atomic mass is 35.5. The van der Waals surface area contributed by atoms with Crippen LogP contribution in [0.25, 0.3) is 21.9 Å². The van der Waals surface area contributed by atoms with Gasteiger partial charge in [-0.2, -0.15) is 0 Å². The van der Waals surface area contributed by atoms with Gasteiger partial charge in [-0.15, -0.1) is 0 Å². The molecule has 0 bridgehead atoms. The fraction of sp³-hybridized carbons (Fsp3) is 0. The van der Waals surface area contributed by atoms with Crippen LogP contribution in [0.1, 0.15) is 15.9 Å². The Bertz CT molecular complexity index is 1050. The standard InChI is InChI=1S/C23H15ClO/c24-19-13-10-17(11-14-19)21-15-12-16-6-4-5-9-20(16)22(21)23(25)18-7-2-1-3-8-18/h1-15H. The number of benzene rings is 4. The van der Waals surface area contributed by atoms with Gasteiger partial charge in [-0.3, -0.25) is 4.79 Å². The Hall–Kier alpha value is -2.90. The van der Waals surface area contributed by atoms with E-state index in [-0.39, 0.29) is 5.78 Å². The first-order chi connectivity index (χ1) is 12.2. The Morgan fingerprint density at radius 3 is 2.12 bits per heavy atom. The topological polar surface area (TPSA) is 17.1 Å². The summed E-state index contributed by atoms with van der Waals surface area (Å²) in [5, 5.41) is 2.70. The molecular formula is C23H15ClO. The number of halogens is 1. The summed E-state index contributed by atoms with van der Waals surface area (Å²) in [5.41, 5.74) is 3.32. The highest BCUT2D eigenvalue weighted by Gasteiger charge is 2.18. The third-order valence-electron chi connectivity index (χ3n) is 4.35. The molecule has 0 atom stereocenters. The second-order valence-electron chi connectivity index (χ2n) is 5.91. The molecular weight excluding hydrogens is 328 g/mol. The molecule has 0 aliphatic rings. The average molecular weight is 343 g/mol. The monoisotopic (exact) mass is 342 g/mol. The van der Waals surface area contributed by atoms with Gasteiger partial charge in [0.25, 0.3) is 0 Å². The number of fused-ring (bicyclic) bond motifs is 1. The summed E-state index contributed by atoms with van der Waals surface area (Å²) in [6.45, 7) is 0. The van der Waals surface area contributed by atoms with Gasteiger partial charge in [0, 0.05) is 16.1 Å². The van der Waals surface area contributed by atoms with E-state index >= 15 is 0 Å². The van der Waals surface area contributed by atoms with E-state index < -0.39 is 0 Å². The molecule has 0 aliphatic carbocycles. The smallest absolute Gasteiger partial charge is 0.194 e. The molecule has 0 saturated carbocycles. The van der Waals surface area contributed by atoms with Crippen LogP contribution in [-0.4, -0.2) is 5.78 Å². The second kappa shape index (κ2) is 6.54. The van der Waals surface area contributed by atoms with E-state index in [2.05, 4.69) is 6.07 Å². The number of ketones is 1. The largest absolute Gasteiger partial charge is 0.289 e. The minimum Gasteiger partial charge on any atom is -0.289 e. The van der Waals surface area contributed by atoms with Crippen LogP contribution in [0.5, 0.6) is 0 Å². The van der Waals surface area contributed by atoms with Crippen molar-refractivity contribution in [3.05, 3.63) is 107 Å². The lowest BCUT2D eigenvalue weighted by atomic mass is 9.89. The van der Waals surface area contributed by atoms with Crippen molar-refractivity contribution in [1.82, 2.24) is 0 Å². The lowest BCUT2D eigenvalue weighted by Crippen LogP contribution is -2.04.